The summed E-state index contributed by atoms with van der Waals surface area (Å²) < 4.78 is 2.06. The predicted octanol–water partition coefficient (Wildman–Crippen LogP) is 2.90. The molecule has 0 bridgehead atoms. The van der Waals surface area contributed by atoms with Crippen LogP contribution in [0.4, 0.5) is 0 Å². The minimum absolute atomic E-state index is 0.149. The summed E-state index contributed by atoms with van der Waals surface area (Å²) >= 11 is 0. The summed E-state index contributed by atoms with van der Waals surface area (Å²) in [5.74, 6) is -0.889. The van der Waals surface area contributed by atoms with Crippen LogP contribution in [0.3, 0.4) is 0 Å². The van der Waals surface area contributed by atoms with Gasteiger partial charge in [0.25, 0.3) is 0 Å². The monoisotopic (exact) mass is 275 g/mol. The van der Waals surface area contributed by atoms with E-state index < -0.39 is 5.97 Å². The van der Waals surface area contributed by atoms with E-state index in [1.807, 2.05) is 26.8 Å². The molecule has 4 heteroatoms. The van der Waals surface area contributed by atoms with Crippen molar-refractivity contribution in [3.63, 3.8) is 0 Å². The molecule has 0 amide bonds. The lowest BCUT2D eigenvalue weighted by molar-refractivity contribution is 0.0698. The molecule has 1 heterocycles. The fraction of sp³-hybridized carbons (Fsp3) is 0.438. The molecule has 4 nitrogen and oxygen atoms in total. The number of aliphatic hydroxyl groups is 1. The molecule has 0 radical (unpaired) electrons. The zero-order chi connectivity index (χ0) is 14.9. The van der Waals surface area contributed by atoms with Gasteiger partial charge in [0.1, 0.15) is 0 Å². The average Bonchev–Trinajstić information content (AvgIpc) is 2.66. The van der Waals surface area contributed by atoms with Gasteiger partial charge in [0.05, 0.1) is 11.1 Å². The lowest BCUT2D eigenvalue weighted by Gasteiger charge is -2.07. The second-order valence-electron chi connectivity index (χ2n) is 5.15. The smallest absolute Gasteiger partial charge is 0.337 e. The number of hydrogen-bond acceptors (Lipinski definition) is 2. The van der Waals surface area contributed by atoms with Crippen LogP contribution in [0.1, 0.15) is 40.5 Å². The Morgan fingerprint density at radius 2 is 2.00 bits per heavy atom. The van der Waals surface area contributed by atoms with Crippen LogP contribution in [0.2, 0.25) is 0 Å². The van der Waals surface area contributed by atoms with Crippen molar-refractivity contribution in [2.75, 3.05) is 6.61 Å². The van der Waals surface area contributed by atoms with E-state index in [4.69, 9.17) is 5.11 Å². The number of aliphatic hydroxyl groups excluding tert-OH is 1. The Labute approximate surface area is 118 Å². The van der Waals surface area contributed by atoms with E-state index in [0.29, 0.717) is 12.0 Å². The standard InChI is InChI=1S/C16H21NO3/c1-4-17-11(3)12(6-5-7-18)13-8-10(2)9-14(15(13)17)16(19)20/h8-9,18H,4-7H2,1-3H3,(H,19,20). The van der Waals surface area contributed by atoms with Crippen LogP contribution in [0.25, 0.3) is 10.9 Å². The Balaban J connectivity index is 2.81. The highest BCUT2D eigenvalue weighted by Crippen LogP contribution is 2.31. The van der Waals surface area contributed by atoms with Crippen LogP contribution in [-0.4, -0.2) is 27.4 Å². The summed E-state index contributed by atoms with van der Waals surface area (Å²) in [6.45, 7) is 6.85. The van der Waals surface area contributed by atoms with Gasteiger partial charge in [0.15, 0.2) is 0 Å². The molecule has 2 rings (SSSR count). The van der Waals surface area contributed by atoms with E-state index in [9.17, 15) is 9.90 Å². The lowest BCUT2D eigenvalue weighted by atomic mass is 10.0. The van der Waals surface area contributed by atoms with Gasteiger partial charge in [-0.1, -0.05) is 0 Å². The van der Waals surface area contributed by atoms with E-state index in [-0.39, 0.29) is 6.61 Å². The average molecular weight is 275 g/mol. The second-order valence-corrected chi connectivity index (χ2v) is 5.15. The fourth-order valence-electron chi connectivity index (χ4n) is 2.95. The summed E-state index contributed by atoms with van der Waals surface area (Å²) in [5, 5.41) is 19.5. The summed E-state index contributed by atoms with van der Waals surface area (Å²) in [4.78, 5) is 11.5. The van der Waals surface area contributed by atoms with E-state index >= 15 is 0 Å². The normalized spacial score (nSPS) is 11.2. The molecule has 0 saturated heterocycles. The van der Waals surface area contributed by atoms with Crippen molar-refractivity contribution in [3.05, 3.63) is 34.5 Å². The Morgan fingerprint density at radius 1 is 1.30 bits per heavy atom. The highest BCUT2D eigenvalue weighted by atomic mass is 16.4. The van der Waals surface area contributed by atoms with Crippen molar-refractivity contribution in [2.24, 2.45) is 0 Å². The van der Waals surface area contributed by atoms with Crippen molar-refractivity contribution in [3.8, 4) is 0 Å². The molecule has 2 aromatic rings. The molecule has 1 aromatic heterocycles. The van der Waals surface area contributed by atoms with Gasteiger partial charge in [-0.05, 0) is 56.9 Å². The zero-order valence-corrected chi connectivity index (χ0v) is 12.2. The highest BCUT2D eigenvalue weighted by molar-refractivity contribution is 6.04. The highest BCUT2D eigenvalue weighted by Gasteiger charge is 2.19. The first-order chi connectivity index (χ1) is 9.51. The molecule has 1 aromatic carbocycles. The van der Waals surface area contributed by atoms with Crippen molar-refractivity contribution >= 4 is 16.9 Å². The molecule has 20 heavy (non-hydrogen) atoms. The number of hydrogen-bond donors (Lipinski definition) is 2. The Morgan fingerprint density at radius 3 is 2.55 bits per heavy atom. The van der Waals surface area contributed by atoms with Gasteiger partial charge < -0.3 is 14.8 Å². The number of carboxylic acids is 1. The van der Waals surface area contributed by atoms with E-state index in [1.165, 1.54) is 0 Å². The van der Waals surface area contributed by atoms with Crippen molar-refractivity contribution in [1.29, 1.82) is 0 Å². The number of fused-ring (bicyclic) bond motifs is 1. The van der Waals surface area contributed by atoms with Crippen molar-refractivity contribution in [1.82, 2.24) is 4.57 Å². The van der Waals surface area contributed by atoms with Gasteiger partial charge in [-0.3, -0.25) is 0 Å². The van der Waals surface area contributed by atoms with E-state index in [1.54, 1.807) is 6.07 Å². The summed E-state index contributed by atoms with van der Waals surface area (Å²) in [6, 6.07) is 3.78. The van der Waals surface area contributed by atoms with Crippen molar-refractivity contribution in [2.45, 2.75) is 40.2 Å². The topological polar surface area (TPSA) is 62.5 Å². The first kappa shape index (κ1) is 14.6. The van der Waals surface area contributed by atoms with E-state index in [2.05, 4.69) is 4.57 Å². The second kappa shape index (κ2) is 5.67. The largest absolute Gasteiger partial charge is 0.478 e. The first-order valence-corrected chi connectivity index (χ1v) is 6.97. The summed E-state index contributed by atoms with van der Waals surface area (Å²) in [5.41, 5.74) is 4.37. The SMILES string of the molecule is CCn1c(C)c(CCCO)c2cc(C)cc(C(=O)O)c21. The maximum absolute atomic E-state index is 11.5. The number of carboxylic acid groups (broad SMARTS) is 1. The Hall–Kier alpha value is -1.81. The van der Waals surface area contributed by atoms with E-state index in [0.717, 1.165) is 40.7 Å². The van der Waals surface area contributed by atoms with Crippen LogP contribution in [0.15, 0.2) is 12.1 Å². The Kier molecular flexibility index (Phi) is 4.14. The molecular weight excluding hydrogens is 254 g/mol. The number of aromatic nitrogens is 1. The Bertz CT molecular complexity index is 656. The summed E-state index contributed by atoms with van der Waals surface area (Å²) in [6.07, 6.45) is 1.47. The molecule has 0 aliphatic rings. The van der Waals surface area contributed by atoms with Gasteiger partial charge in [0, 0.05) is 24.2 Å². The molecule has 108 valence electrons. The predicted molar refractivity (Wildman–Crippen MR) is 79.5 cm³/mol. The van der Waals surface area contributed by atoms with Crippen molar-refractivity contribution < 1.29 is 15.0 Å². The van der Waals surface area contributed by atoms with Crippen LogP contribution in [-0.2, 0) is 13.0 Å². The zero-order valence-electron chi connectivity index (χ0n) is 12.2. The molecule has 0 unspecified atom stereocenters. The third kappa shape index (κ3) is 2.31. The van der Waals surface area contributed by atoms with Gasteiger partial charge in [0.2, 0.25) is 0 Å². The maximum atomic E-state index is 11.5. The van der Waals surface area contributed by atoms with Gasteiger partial charge >= 0.3 is 5.97 Å². The van der Waals surface area contributed by atoms with Crippen LogP contribution in [0.5, 0.6) is 0 Å². The quantitative estimate of drug-likeness (QED) is 0.882. The third-order valence-electron chi connectivity index (χ3n) is 3.82. The molecule has 0 spiro atoms. The van der Waals surface area contributed by atoms with Crippen LogP contribution in [0, 0.1) is 13.8 Å². The van der Waals surface area contributed by atoms with Gasteiger partial charge in [-0.15, -0.1) is 0 Å². The number of aromatic carboxylic acids is 1. The first-order valence-electron chi connectivity index (χ1n) is 6.97. The van der Waals surface area contributed by atoms with Crippen LogP contribution < -0.4 is 0 Å². The van der Waals surface area contributed by atoms with Crippen LogP contribution >= 0.6 is 0 Å². The number of aryl methyl sites for hydroxylation is 3. The lowest BCUT2D eigenvalue weighted by Crippen LogP contribution is -2.04. The minimum Gasteiger partial charge on any atom is -0.478 e. The fourth-order valence-corrected chi connectivity index (χ4v) is 2.95. The molecule has 0 aliphatic carbocycles. The summed E-state index contributed by atoms with van der Waals surface area (Å²) in [7, 11) is 0. The minimum atomic E-state index is -0.889. The number of carbonyl (C=O) groups is 1. The van der Waals surface area contributed by atoms with Gasteiger partial charge in [-0.25, -0.2) is 4.79 Å². The number of benzene rings is 1. The number of nitrogens with zero attached hydrogens (tertiary/aromatic N) is 1. The molecule has 0 fully saturated rings. The molecule has 2 N–H and O–H groups in total. The molecular formula is C16H21NO3. The molecule has 0 aliphatic heterocycles. The molecule has 0 saturated carbocycles. The third-order valence-corrected chi connectivity index (χ3v) is 3.82. The van der Waals surface area contributed by atoms with Gasteiger partial charge in [-0.2, -0.15) is 0 Å². The number of rotatable bonds is 5. The molecule has 0 atom stereocenters. The maximum Gasteiger partial charge on any atom is 0.337 e.